The first-order chi connectivity index (χ1) is 13.0. The second kappa shape index (κ2) is 8.86. The molecule has 0 unspecified atom stereocenters. The highest BCUT2D eigenvalue weighted by Gasteiger charge is 2.24. The minimum Gasteiger partial charge on any atom is -0.339 e. The third-order valence-corrected chi connectivity index (χ3v) is 5.10. The van der Waals surface area contributed by atoms with E-state index in [1.807, 2.05) is 36.1 Å². The standard InChI is InChI=1S/C20H23ClN4O2/c1-15-4-6-17(13-18(15)21)23-20(27)25-11-9-24(10-12-25)19(26)7-5-16-3-2-8-22-14-16/h2-4,6,8,13-14H,5,7,9-12H2,1H3,(H,23,27). The van der Waals surface area contributed by atoms with E-state index in [1.165, 1.54) is 0 Å². The van der Waals surface area contributed by atoms with Crippen molar-refractivity contribution in [2.75, 3.05) is 31.5 Å². The molecule has 1 aliphatic heterocycles. The van der Waals surface area contributed by atoms with Gasteiger partial charge in [0.25, 0.3) is 0 Å². The molecule has 3 rings (SSSR count). The van der Waals surface area contributed by atoms with E-state index in [9.17, 15) is 9.59 Å². The second-order valence-electron chi connectivity index (χ2n) is 6.62. The van der Waals surface area contributed by atoms with Crippen LogP contribution in [0.3, 0.4) is 0 Å². The molecule has 27 heavy (non-hydrogen) atoms. The number of pyridine rings is 1. The zero-order valence-corrected chi connectivity index (χ0v) is 16.1. The minimum atomic E-state index is -0.169. The Labute approximate surface area is 164 Å². The summed E-state index contributed by atoms with van der Waals surface area (Å²) in [4.78, 5) is 32.4. The van der Waals surface area contributed by atoms with Crippen LogP contribution in [0.2, 0.25) is 5.02 Å². The number of anilines is 1. The lowest BCUT2D eigenvalue weighted by atomic mass is 10.1. The third-order valence-electron chi connectivity index (χ3n) is 4.69. The number of aryl methyl sites for hydroxylation is 2. The van der Waals surface area contributed by atoms with E-state index in [0.29, 0.717) is 49.7 Å². The van der Waals surface area contributed by atoms with Crippen molar-refractivity contribution in [3.63, 3.8) is 0 Å². The SMILES string of the molecule is Cc1ccc(NC(=O)N2CCN(C(=O)CCc3cccnc3)CC2)cc1Cl. The van der Waals surface area contributed by atoms with Crippen LogP contribution in [0.15, 0.2) is 42.7 Å². The molecule has 1 aliphatic rings. The second-order valence-corrected chi connectivity index (χ2v) is 7.03. The average Bonchev–Trinajstić information content (AvgIpc) is 2.70. The fourth-order valence-electron chi connectivity index (χ4n) is 2.99. The molecule has 0 atom stereocenters. The maximum atomic E-state index is 12.4. The number of carbonyl (C=O) groups excluding carboxylic acids is 2. The quantitative estimate of drug-likeness (QED) is 0.876. The van der Waals surface area contributed by atoms with Crippen LogP contribution in [0.4, 0.5) is 10.5 Å². The van der Waals surface area contributed by atoms with Crippen molar-refractivity contribution >= 4 is 29.2 Å². The number of hydrogen-bond donors (Lipinski definition) is 1. The summed E-state index contributed by atoms with van der Waals surface area (Å²) in [6.45, 7) is 4.05. The number of rotatable bonds is 4. The van der Waals surface area contributed by atoms with Gasteiger partial charge in [0.2, 0.25) is 5.91 Å². The Morgan fingerprint density at radius 2 is 1.89 bits per heavy atom. The van der Waals surface area contributed by atoms with Crippen molar-refractivity contribution in [3.05, 3.63) is 58.9 Å². The summed E-state index contributed by atoms with van der Waals surface area (Å²) >= 11 is 6.10. The molecule has 142 valence electrons. The van der Waals surface area contributed by atoms with Crippen LogP contribution in [0.5, 0.6) is 0 Å². The fourth-order valence-corrected chi connectivity index (χ4v) is 3.17. The lowest BCUT2D eigenvalue weighted by Gasteiger charge is -2.34. The predicted octanol–water partition coefficient (Wildman–Crippen LogP) is 3.35. The van der Waals surface area contributed by atoms with Gasteiger partial charge in [0.05, 0.1) is 0 Å². The van der Waals surface area contributed by atoms with Gasteiger partial charge in [0, 0.05) is 55.7 Å². The first kappa shape index (κ1) is 19.2. The molecule has 1 aromatic heterocycles. The van der Waals surface area contributed by atoms with Gasteiger partial charge >= 0.3 is 6.03 Å². The molecule has 1 fully saturated rings. The molecule has 0 spiro atoms. The summed E-state index contributed by atoms with van der Waals surface area (Å²) in [5.41, 5.74) is 2.69. The maximum absolute atomic E-state index is 12.4. The van der Waals surface area contributed by atoms with Crippen molar-refractivity contribution in [3.8, 4) is 0 Å². The molecule has 1 saturated heterocycles. The van der Waals surface area contributed by atoms with E-state index in [4.69, 9.17) is 11.6 Å². The van der Waals surface area contributed by atoms with Crippen LogP contribution in [0, 0.1) is 6.92 Å². The van der Waals surface area contributed by atoms with Crippen LogP contribution in [0.25, 0.3) is 0 Å². The molecule has 2 aromatic rings. The van der Waals surface area contributed by atoms with Crippen LogP contribution in [-0.4, -0.2) is 52.9 Å². The number of carbonyl (C=O) groups is 2. The van der Waals surface area contributed by atoms with Crippen LogP contribution >= 0.6 is 11.6 Å². The van der Waals surface area contributed by atoms with Gasteiger partial charge in [-0.25, -0.2) is 4.79 Å². The van der Waals surface area contributed by atoms with Crippen LogP contribution in [0.1, 0.15) is 17.5 Å². The molecule has 0 radical (unpaired) electrons. The summed E-state index contributed by atoms with van der Waals surface area (Å²) in [7, 11) is 0. The van der Waals surface area contributed by atoms with Crippen LogP contribution < -0.4 is 5.32 Å². The van der Waals surface area contributed by atoms with Crippen molar-refractivity contribution in [2.45, 2.75) is 19.8 Å². The van der Waals surface area contributed by atoms with Crippen LogP contribution in [-0.2, 0) is 11.2 Å². The number of hydrogen-bond acceptors (Lipinski definition) is 3. The maximum Gasteiger partial charge on any atom is 0.321 e. The van der Waals surface area contributed by atoms with Gasteiger partial charge in [-0.05, 0) is 42.7 Å². The van der Waals surface area contributed by atoms with E-state index < -0.39 is 0 Å². The Morgan fingerprint density at radius 3 is 2.56 bits per heavy atom. The van der Waals surface area contributed by atoms with E-state index in [1.54, 1.807) is 23.4 Å². The van der Waals surface area contributed by atoms with Gasteiger partial charge in [-0.2, -0.15) is 0 Å². The molecule has 3 amide bonds. The lowest BCUT2D eigenvalue weighted by molar-refractivity contribution is -0.132. The number of benzene rings is 1. The molecule has 1 aromatic carbocycles. The van der Waals surface area contributed by atoms with E-state index >= 15 is 0 Å². The van der Waals surface area contributed by atoms with Gasteiger partial charge in [-0.3, -0.25) is 9.78 Å². The smallest absolute Gasteiger partial charge is 0.321 e. The topological polar surface area (TPSA) is 65.5 Å². The van der Waals surface area contributed by atoms with Crippen molar-refractivity contribution in [1.29, 1.82) is 0 Å². The summed E-state index contributed by atoms with van der Waals surface area (Å²) in [6.07, 6.45) is 4.65. The number of amides is 3. The number of halogens is 1. The zero-order valence-electron chi connectivity index (χ0n) is 15.3. The van der Waals surface area contributed by atoms with Gasteiger partial charge < -0.3 is 15.1 Å². The van der Waals surface area contributed by atoms with Gasteiger partial charge in [-0.1, -0.05) is 23.7 Å². The van der Waals surface area contributed by atoms with Crippen molar-refractivity contribution in [2.24, 2.45) is 0 Å². The molecule has 0 aliphatic carbocycles. The molecular weight excluding hydrogens is 364 g/mol. The van der Waals surface area contributed by atoms with Gasteiger partial charge in [0.1, 0.15) is 0 Å². The Bertz CT molecular complexity index is 805. The number of urea groups is 1. The van der Waals surface area contributed by atoms with Gasteiger partial charge in [-0.15, -0.1) is 0 Å². The highest BCUT2D eigenvalue weighted by molar-refractivity contribution is 6.31. The highest BCUT2D eigenvalue weighted by Crippen LogP contribution is 2.20. The Kier molecular flexibility index (Phi) is 6.29. The number of piperazine rings is 1. The predicted molar refractivity (Wildman–Crippen MR) is 106 cm³/mol. The number of aromatic nitrogens is 1. The first-order valence-electron chi connectivity index (χ1n) is 9.01. The summed E-state index contributed by atoms with van der Waals surface area (Å²) in [6, 6.07) is 9.12. The minimum absolute atomic E-state index is 0.115. The molecule has 0 bridgehead atoms. The van der Waals surface area contributed by atoms with Crippen molar-refractivity contribution in [1.82, 2.24) is 14.8 Å². The van der Waals surface area contributed by atoms with E-state index in [-0.39, 0.29) is 11.9 Å². The van der Waals surface area contributed by atoms with Crippen molar-refractivity contribution < 1.29 is 9.59 Å². The number of nitrogens with one attached hydrogen (secondary N) is 1. The van der Waals surface area contributed by atoms with E-state index in [2.05, 4.69) is 10.3 Å². The Hall–Kier alpha value is -2.60. The normalized spacial score (nSPS) is 14.1. The summed E-state index contributed by atoms with van der Waals surface area (Å²) in [5, 5.41) is 3.48. The summed E-state index contributed by atoms with van der Waals surface area (Å²) < 4.78 is 0. The molecule has 6 nitrogen and oxygen atoms in total. The molecule has 0 saturated carbocycles. The highest BCUT2D eigenvalue weighted by atomic mass is 35.5. The summed E-state index contributed by atoms with van der Waals surface area (Å²) in [5.74, 6) is 0.115. The Morgan fingerprint density at radius 1 is 1.15 bits per heavy atom. The Balaban J connectivity index is 1.45. The average molecular weight is 387 g/mol. The van der Waals surface area contributed by atoms with E-state index in [0.717, 1.165) is 11.1 Å². The largest absolute Gasteiger partial charge is 0.339 e. The first-order valence-corrected chi connectivity index (χ1v) is 9.39. The number of nitrogens with zero attached hydrogens (tertiary/aromatic N) is 3. The fraction of sp³-hybridized carbons (Fsp3) is 0.350. The zero-order chi connectivity index (χ0) is 19.2. The molecule has 2 heterocycles. The molecule has 1 N–H and O–H groups in total. The molecular formula is C20H23ClN4O2. The molecule has 7 heteroatoms. The third kappa shape index (κ3) is 5.20. The lowest BCUT2D eigenvalue weighted by Crippen LogP contribution is -2.51. The van der Waals surface area contributed by atoms with Gasteiger partial charge in [0.15, 0.2) is 0 Å². The monoisotopic (exact) mass is 386 g/mol.